The number of aryl methyl sites for hydroxylation is 2. The van der Waals surface area contributed by atoms with Crippen molar-refractivity contribution in [3.63, 3.8) is 0 Å². The Morgan fingerprint density at radius 2 is 1.86 bits per heavy atom. The number of anilines is 1. The molecule has 6 heteroatoms. The third-order valence-corrected chi connectivity index (χ3v) is 3.43. The highest BCUT2D eigenvalue weighted by Gasteiger charge is 2.21. The predicted octanol–water partition coefficient (Wildman–Crippen LogP) is 2.22. The minimum absolute atomic E-state index is 0.359. The van der Waals surface area contributed by atoms with Crippen molar-refractivity contribution in [1.82, 2.24) is 9.78 Å². The lowest BCUT2D eigenvalue weighted by molar-refractivity contribution is -0.123. The van der Waals surface area contributed by atoms with Gasteiger partial charge in [0.15, 0.2) is 6.10 Å². The molecule has 116 valence electrons. The Kier molecular flexibility index (Phi) is 4.60. The van der Waals surface area contributed by atoms with Crippen molar-refractivity contribution in [2.45, 2.75) is 26.9 Å². The van der Waals surface area contributed by atoms with Gasteiger partial charge in [-0.25, -0.2) is 4.79 Å². The van der Waals surface area contributed by atoms with Gasteiger partial charge in [0.05, 0.1) is 6.20 Å². The number of rotatable bonds is 4. The highest BCUT2D eigenvalue weighted by atomic mass is 16.5. The van der Waals surface area contributed by atoms with Gasteiger partial charge in [-0.15, -0.1) is 0 Å². The fraction of sp³-hybridized carbons (Fsp3) is 0.312. The summed E-state index contributed by atoms with van der Waals surface area (Å²) < 4.78 is 6.76. The summed E-state index contributed by atoms with van der Waals surface area (Å²) >= 11 is 0. The van der Waals surface area contributed by atoms with Gasteiger partial charge >= 0.3 is 5.97 Å². The van der Waals surface area contributed by atoms with Gasteiger partial charge in [-0.05, 0) is 32.9 Å². The monoisotopic (exact) mass is 301 g/mol. The van der Waals surface area contributed by atoms with Crippen LogP contribution in [0, 0.1) is 13.8 Å². The molecule has 1 heterocycles. The molecule has 1 atom stereocenters. The van der Waals surface area contributed by atoms with Crippen molar-refractivity contribution in [2.24, 2.45) is 7.05 Å². The number of nitrogens with zero attached hydrogens (tertiary/aromatic N) is 2. The summed E-state index contributed by atoms with van der Waals surface area (Å²) in [6, 6.07) is 7.39. The highest BCUT2D eigenvalue weighted by Crippen LogP contribution is 2.12. The number of carbonyl (C=O) groups excluding carboxylic acids is 2. The van der Waals surface area contributed by atoms with E-state index >= 15 is 0 Å². The van der Waals surface area contributed by atoms with Gasteiger partial charge in [-0.2, -0.15) is 5.10 Å². The predicted molar refractivity (Wildman–Crippen MR) is 82.6 cm³/mol. The van der Waals surface area contributed by atoms with Crippen LogP contribution in [-0.4, -0.2) is 27.8 Å². The van der Waals surface area contributed by atoms with Crippen LogP contribution < -0.4 is 5.32 Å². The van der Waals surface area contributed by atoms with Crippen molar-refractivity contribution in [3.8, 4) is 0 Å². The molecule has 0 bridgehead atoms. The third kappa shape index (κ3) is 3.52. The van der Waals surface area contributed by atoms with Gasteiger partial charge in [0.2, 0.25) is 0 Å². The number of aromatic nitrogens is 2. The van der Waals surface area contributed by atoms with E-state index in [1.165, 1.54) is 13.1 Å². The largest absolute Gasteiger partial charge is 0.449 e. The van der Waals surface area contributed by atoms with Crippen LogP contribution in [0.15, 0.2) is 30.5 Å². The van der Waals surface area contributed by atoms with E-state index in [0.29, 0.717) is 16.9 Å². The van der Waals surface area contributed by atoms with Crippen molar-refractivity contribution in [1.29, 1.82) is 0 Å². The van der Waals surface area contributed by atoms with E-state index in [1.54, 1.807) is 30.8 Å². The molecule has 0 unspecified atom stereocenters. The first-order valence-electron chi connectivity index (χ1n) is 6.95. The Morgan fingerprint density at radius 1 is 1.23 bits per heavy atom. The van der Waals surface area contributed by atoms with E-state index in [-0.39, 0.29) is 5.91 Å². The molecule has 0 aliphatic rings. The van der Waals surface area contributed by atoms with E-state index in [4.69, 9.17) is 4.74 Å². The molecule has 0 spiro atoms. The number of amides is 1. The van der Waals surface area contributed by atoms with Gasteiger partial charge < -0.3 is 10.1 Å². The smallest absolute Gasteiger partial charge is 0.342 e. The normalized spacial score (nSPS) is 11.8. The molecule has 1 aromatic heterocycles. The van der Waals surface area contributed by atoms with E-state index in [9.17, 15) is 9.59 Å². The quantitative estimate of drug-likeness (QED) is 0.879. The summed E-state index contributed by atoms with van der Waals surface area (Å²) in [7, 11) is 1.74. The highest BCUT2D eigenvalue weighted by molar-refractivity contribution is 5.97. The molecule has 6 nitrogen and oxygen atoms in total. The lowest BCUT2D eigenvalue weighted by Crippen LogP contribution is -2.30. The fourth-order valence-corrected chi connectivity index (χ4v) is 1.86. The van der Waals surface area contributed by atoms with Crippen molar-refractivity contribution in [2.75, 3.05) is 5.32 Å². The van der Waals surface area contributed by atoms with E-state index in [2.05, 4.69) is 10.4 Å². The maximum Gasteiger partial charge on any atom is 0.342 e. The van der Waals surface area contributed by atoms with Gasteiger partial charge in [-0.3, -0.25) is 9.48 Å². The molecule has 0 saturated heterocycles. The molecule has 1 aromatic carbocycles. The molecule has 2 aromatic rings. The topological polar surface area (TPSA) is 73.2 Å². The maximum absolute atomic E-state index is 12.0. The zero-order chi connectivity index (χ0) is 16.3. The molecule has 0 radical (unpaired) electrons. The number of ether oxygens (including phenoxy) is 1. The Bertz CT molecular complexity index is 689. The van der Waals surface area contributed by atoms with E-state index < -0.39 is 12.1 Å². The number of hydrogen-bond acceptors (Lipinski definition) is 4. The molecule has 2 rings (SSSR count). The van der Waals surface area contributed by atoms with Crippen LogP contribution in [0.2, 0.25) is 0 Å². The Balaban J connectivity index is 1.97. The molecule has 1 N–H and O–H groups in total. The summed E-state index contributed by atoms with van der Waals surface area (Å²) in [6.07, 6.45) is 0.538. The van der Waals surface area contributed by atoms with Gasteiger partial charge in [0.25, 0.3) is 5.91 Å². The van der Waals surface area contributed by atoms with Crippen molar-refractivity contribution < 1.29 is 14.3 Å². The zero-order valence-corrected chi connectivity index (χ0v) is 13.1. The Labute approximate surface area is 129 Å². The van der Waals surface area contributed by atoms with Crippen LogP contribution in [0.4, 0.5) is 5.69 Å². The Morgan fingerprint density at radius 3 is 2.41 bits per heavy atom. The number of esters is 1. The SMILES string of the molecule is Cc1ccc(NC(=O)[C@H](C)OC(=O)c2cnn(C)c2C)cc1. The average Bonchev–Trinajstić information content (AvgIpc) is 2.81. The number of benzene rings is 1. The molecule has 0 saturated carbocycles. The van der Waals surface area contributed by atoms with Crippen LogP contribution in [0.3, 0.4) is 0 Å². The van der Waals surface area contributed by atoms with Crippen LogP contribution >= 0.6 is 0 Å². The second kappa shape index (κ2) is 6.43. The first kappa shape index (κ1) is 15.8. The number of nitrogens with one attached hydrogen (secondary N) is 1. The molecular formula is C16H19N3O3. The van der Waals surface area contributed by atoms with Crippen LogP contribution in [0.1, 0.15) is 28.5 Å². The molecule has 1 amide bonds. The third-order valence-electron chi connectivity index (χ3n) is 3.43. The summed E-state index contributed by atoms with van der Waals surface area (Å²) in [5.74, 6) is -0.934. The molecule has 22 heavy (non-hydrogen) atoms. The average molecular weight is 301 g/mol. The van der Waals surface area contributed by atoms with E-state index in [0.717, 1.165) is 5.56 Å². The minimum atomic E-state index is -0.895. The maximum atomic E-state index is 12.0. The van der Waals surface area contributed by atoms with Crippen LogP contribution in [-0.2, 0) is 16.6 Å². The number of hydrogen-bond donors (Lipinski definition) is 1. The zero-order valence-electron chi connectivity index (χ0n) is 13.1. The first-order valence-corrected chi connectivity index (χ1v) is 6.95. The van der Waals surface area contributed by atoms with Crippen molar-refractivity contribution in [3.05, 3.63) is 47.3 Å². The second-order valence-electron chi connectivity index (χ2n) is 5.17. The van der Waals surface area contributed by atoms with Crippen LogP contribution in [0.5, 0.6) is 0 Å². The van der Waals surface area contributed by atoms with Crippen LogP contribution in [0.25, 0.3) is 0 Å². The summed E-state index contributed by atoms with van der Waals surface area (Å²) in [4.78, 5) is 24.1. The molecule has 0 aliphatic heterocycles. The summed E-state index contributed by atoms with van der Waals surface area (Å²) in [5.41, 5.74) is 2.81. The first-order chi connectivity index (χ1) is 10.4. The molecule has 0 aliphatic carbocycles. The Hall–Kier alpha value is -2.63. The van der Waals surface area contributed by atoms with Gasteiger partial charge in [-0.1, -0.05) is 17.7 Å². The summed E-state index contributed by atoms with van der Waals surface area (Å²) in [5, 5.41) is 6.69. The lowest BCUT2D eigenvalue weighted by atomic mass is 10.2. The van der Waals surface area contributed by atoms with Crippen molar-refractivity contribution >= 4 is 17.6 Å². The second-order valence-corrected chi connectivity index (χ2v) is 5.17. The molecule has 0 fully saturated rings. The molecular weight excluding hydrogens is 282 g/mol. The lowest BCUT2D eigenvalue weighted by Gasteiger charge is -2.13. The number of carbonyl (C=O) groups is 2. The fourth-order valence-electron chi connectivity index (χ4n) is 1.86. The van der Waals surface area contributed by atoms with Gasteiger partial charge in [0.1, 0.15) is 5.56 Å². The minimum Gasteiger partial charge on any atom is -0.449 e. The summed E-state index contributed by atoms with van der Waals surface area (Å²) in [6.45, 7) is 5.26. The standard InChI is InChI=1S/C16H19N3O3/c1-10-5-7-13(8-6-10)18-15(20)12(3)22-16(21)14-9-17-19(4)11(14)2/h5-9,12H,1-4H3,(H,18,20)/t12-/m0/s1. The van der Waals surface area contributed by atoms with Gasteiger partial charge in [0, 0.05) is 18.4 Å². The van der Waals surface area contributed by atoms with E-state index in [1.807, 2.05) is 19.1 Å².